The quantitative estimate of drug-likeness (QED) is 0.872. The monoisotopic (exact) mass is 299 g/mol. The lowest BCUT2D eigenvalue weighted by molar-refractivity contribution is 0.0738. The minimum atomic E-state index is -0.357. The predicted octanol–water partition coefficient (Wildman–Crippen LogP) is 1.81. The van der Waals surface area contributed by atoms with E-state index in [1.807, 2.05) is 25.1 Å². The number of fused-ring (bicyclic) bond motifs is 1. The molecule has 0 aliphatic carbocycles. The molecular formula is C15H13N3O2S. The molecule has 0 unspecified atom stereocenters. The van der Waals surface area contributed by atoms with Gasteiger partial charge in [-0.2, -0.15) is 5.26 Å². The Balaban J connectivity index is 1.89. The van der Waals surface area contributed by atoms with Crippen LogP contribution in [0.25, 0.3) is 0 Å². The first kappa shape index (κ1) is 13.6. The molecule has 0 saturated carbocycles. The fourth-order valence-electron chi connectivity index (χ4n) is 2.47. The highest BCUT2D eigenvalue weighted by Gasteiger charge is 2.24. The summed E-state index contributed by atoms with van der Waals surface area (Å²) in [7, 11) is 0. The number of thiophene rings is 1. The molecule has 2 aromatic rings. The predicted molar refractivity (Wildman–Crippen MR) is 79.3 cm³/mol. The summed E-state index contributed by atoms with van der Waals surface area (Å²) in [6, 6.07) is 7.24. The van der Waals surface area contributed by atoms with Crippen molar-refractivity contribution in [3.8, 4) is 6.07 Å². The number of nitrogens with zero attached hydrogens (tertiary/aromatic N) is 2. The van der Waals surface area contributed by atoms with Gasteiger partial charge in [-0.05, 0) is 30.7 Å². The number of aryl methyl sites for hydroxylation is 1. The molecule has 0 atom stereocenters. The standard InChI is InChI=1S/C15H13N3O2S/c1-9-2-3-13(21-9)15(20)18-5-4-12-11(8-18)6-10(7-16)14(19)17-12/h2-3,6H,4-5,8H2,1H3,(H,17,19). The van der Waals surface area contributed by atoms with Crippen molar-refractivity contribution in [3.05, 3.63) is 55.1 Å². The molecule has 3 rings (SSSR count). The Kier molecular flexibility index (Phi) is 3.35. The summed E-state index contributed by atoms with van der Waals surface area (Å²) in [4.78, 5) is 30.4. The van der Waals surface area contributed by atoms with Crippen LogP contribution in [0.5, 0.6) is 0 Å². The second-order valence-corrected chi connectivity index (χ2v) is 6.30. The summed E-state index contributed by atoms with van der Waals surface area (Å²) in [5.41, 5.74) is 1.41. The van der Waals surface area contributed by atoms with E-state index in [9.17, 15) is 9.59 Å². The van der Waals surface area contributed by atoms with Crippen LogP contribution >= 0.6 is 11.3 Å². The highest BCUT2D eigenvalue weighted by molar-refractivity contribution is 7.13. The molecule has 21 heavy (non-hydrogen) atoms. The molecule has 1 aliphatic rings. The number of aromatic amines is 1. The normalized spacial score (nSPS) is 13.6. The van der Waals surface area contributed by atoms with Crippen molar-refractivity contribution in [2.24, 2.45) is 0 Å². The van der Waals surface area contributed by atoms with E-state index < -0.39 is 0 Å². The fourth-order valence-corrected chi connectivity index (χ4v) is 3.30. The molecule has 0 saturated heterocycles. The van der Waals surface area contributed by atoms with Crippen molar-refractivity contribution in [1.82, 2.24) is 9.88 Å². The van der Waals surface area contributed by atoms with Crippen LogP contribution in [0.1, 0.15) is 31.4 Å². The number of amides is 1. The molecule has 3 heterocycles. The van der Waals surface area contributed by atoms with Crippen LogP contribution in [0.4, 0.5) is 0 Å². The SMILES string of the molecule is Cc1ccc(C(=O)N2CCc3[nH]c(=O)c(C#N)cc3C2)s1. The second-order valence-electron chi connectivity index (χ2n) is 5.01. The number of hydrogen-bond donors (Lipinski definition) is 1. The number of H-pyrrole nitrogens is 1. The van der Waals surface area contributed by atoms with E-state index in [2.05, 4.69) is 4.98 Å². The number of rotatable bonds is 1. The van der Waals surface area contributed by atoms with E-state index in [0.29, 0.717) is 19.5 Å². The third-order valence-electron chi connectivity index (χ3n) is 3.57. The van der Waals surface area contributed by atoms with Gasteiger partial charge in [-0.3, -0.25) is 9.59 Å². The van der Waals surface area contributed by atoms with Gasteiger partial charge in [0.05, 0.1) is 4.88 Å². The first-order valence-corrected chi connectivity index (χ1v) is 7.41. The van der Waals surface area contributed by atoms with Gasteiger partial charge < -0.3 is 9.88 Å². The summed E-state index contributed by atoms with van der Waals surface area (Å²) < 4.78 is 0. The summed E-state index contributed by atoms with van der Waals surface area (Å²) in [6.45, 7) is 2.97. The Hall–Kier alpha value is -2.39. The van der Waals surface area contributed by atoms with Crippen LogP contribution in [0.2, 0.25) is 0 Å². The van der Waals surface area contributed by atoms with Crippen LogP contribution in [-0.2, 0) is 13.0 Å². The number of carbonyl (C=O) groups excluding carboxylic acids is 1. The van der Waals surface area contributed by atoms with E-state index in [0.717, 1.165) is 21.0 Å². The largest absolute Gasteiger partial charge is 0.333 e. The molecule has 0 aromatic carbocycles. The number of aromatic nitrogens is 1. The van der Waals surface area contributed by atoms with E-state index in [4.69, 9.17) is 5.26 Å². The van der Waals surface area contributed by atoms with Gasteiger partial charge in [-0.1, -0.05) is 0 Å². The van der Waals surface area contributed by atoms with Gasteiger partial charge in [-0.15, -0.1) is 11.3 Å². The van der Waals surface area contributed by atoms with Gasteiger partial charge in [0.15, 0.2) is 0 Å². The van der Waals surface area contributed by atoms with E-state index >= 15 is 0 Å². The summed E-state index contributed by atoms with van der Waals surface area (Å²) in [6.07, 6.45) is 0.604. The van der Waals surface area contributed by atoms with Crippen LogP contribution in [0.3, 0.4) is 0 Å². The maximum Gasteiger partial charge on any atom is 0.266 e. The zero-order valence-corrected chi connectivity index (χ0v) is 12.3. The van der Waals surface area contributed by atoms with Crippen LogP contribution in [0.15, 0.2) is 23.0 Å². The zero-order chi connectivity index (χ0) is 15.0. The summed E-state index contributed by atoms with van der Waals surface area (Å²) in [5.74, 6) is 0.00320. The topological polar surface area (TPSA) is 77.0 Å². The highest BCUT2D eigenvalue weighted by atomic mass is 32.1. The molecule has 1 aliphatic heterocycles. The molecule has 6 heteroatoms. The van der Waals surface area contributed by atoms with E-state index in [1.165, 1.54) is 11.3 Å². The van der Waals surface area contributed by atoms with E-state index in [-0.39, 0.29) is 17.0 Å². The number of nitrogens with one attached hydrogen (secondary N) is 1. The highest BCUT2D eigenvalue weighted by Crippen LogP contribution is 2.22. The average molecular weight is 299 g/mol. The van der Waals surface area contributed by atoms with Gasteiger partial charge in [0.1, 0.15) is 11.6 Å². The third-order valence-corrected chi connectivity index (χ3v) is 4.56. The lowest BCUT2D eigenvalue weighted by atomic mass is 10.0. The van der Waals surface area contributed by atoms with Gasteiger partial charge in [-0.25, -0.2) is 0 Å². The van der Waals surface area contributed by atoms with Crippen molar-refractivity contribution < 1.29 is 4.79 Å². The fraction of sp³-hybridized carbons (Fsp3) is 0.267. The average Bonchev–Trinajstić information content (AvgIpc) is 2.92. The van der Waals surface area contributed by atoms with Gasteiger partial charge >= 0.3 is 0 Å². The maximum atomic E-state index is 12.4. The van der Waals surface area contributed by atoms with E-state index in [1.54, 1.807) is 11.0 Å². The smallest absolute Gasteiger partial charge is 0.266 e. The van der Waals surface area contributed by atoms with Crippen LogP contribution in [0, 0.1) is 18.3 Å². The summed E-state index contributed by atoms with van der Waals surface area (Å²) >= 11 is 1.48. The Labute approximate surface area is 125 Å². The Bertz CT molecular complexity index is 813. The molecule has 0 bridgehead atoms. The lowest BCUT2D eigenvalue weighted by Crippen LogP contribution is -2.37. The van der Waals surface area contributed by atoms with Gasteiger partial charge in [0.25, 0.3) is 11.5 Å². The van der Waals surface area contributed by atoms with Crippen LogP contribution < -0.4 is 5.56 Å². The number of carbonyl (C=O) groups is 1. The molecule has 0 fully saturated rings. The van der Waals surface area contributed by atoms with Gasteiger partial charge in [0.2, 0.25) is 0 Å². The number of nitriles is 1. The molecule has 1 N–H and O–H groups in total. The first-order valence-electron chi connectivity index (χ1n) is 6.59. The van der Waals surface area contributed by atoms with Crippen molar-refractivity contribution in [2.45, 2.75) is 19.9 Å². The van der Waals surface area contributed by atoms with Crippen LogP contribution in [-0.4, -0.2) is 22.3 Å². The van der Waals surface area contributed by atoms with Crippen molar-refractivity contribution in [1.29, 1.82) is 5.26 Å². The minimum Gasteiger partial charge on any atom is -0.333 e. The molecular weight excluding hydrogens is 286 g/mol. The van der Waals surface area contributed by atoms with Gasteiger partial charge in [0, 0.05) is 30.1 Å². The maximum absolute atomic E-state index is 12.4. The summed E-state index contributed by atoms with van der Waals surface area (Å²) in [5, 5.41) is 8.93. The second kappa shape index (κ2) is 5.19. The number of pyridine rings is 1. The third kappa shape index (κ3) is 2.48. The Morgan fingerprint density at radius 1 is 1.48 bits per heavy atom. The first-order chi connectivity index (χ1) is 10.1. The number of hydrogen-bond acceptors (Lipinski definition) is 4. The molecule has 0 spiro atoms. The van der Waals surface area contributed by atoms with Crippen molar-refractivity contribution in [3.63, 3.8) is 0 Å². The molecule has 0 radical (unpaired) electrons. The zero-order valence-electron chi connectivity index (χ0n) is 11.5. The minimum absolute atomic E-state index is 0.00320. The molecule has 1 amide bonds. The van der Waals surface area contributed by atoms with Crippen molar-refractivity contribution in [2.75, 3.05) is 6.54 Å². The molecule has 2 aromatic heterocycles. The van der Waals surface area contributed by atoms with Crippen molar-refractivity contribution >= 4 is 17.2 Å². The molecule has 5 nitrogen and oxygen atoms in total. The lowest BCUT2D eigenvalue weighted by Gasteiger charge is -2.28. The Morgan fingerprint density at radius 3 is 2.95 bits per heavy atom. The Morgan fingerprint density at radius 2 is 2.29 bits per heavy atom. The molecule has 106 valence electrons.